The lowest BCUT2D eigenvalue weighted by atomic mass is 10.2. The second kappa shape index (κ2) is 3.95. The molecule has 2 aromatic rings. The van der Waals surface area contributed by atoms with Crippen molar-refractivity contribution in [3.8, 4) is 0 Å². The van der Waals surface area contributed by atoms with Crippen LogP contribution in [0.3, 0.4) is 0 Å². The van der Waals surface area contributed by atoms with Crippen molar-refractivity contribution in [1.82, 2.24) is 0 Å². The zero-order valence-electron chi connectivity index (χ0n) is 8.40. The number of hydrogen-bond donors (Lipinski definition) is 2. The Morgan fingerprint density at radius 2 is 1.94 bits per heavy atom. The summed E-state index contributed by atoms with van der Waals surface area (Å²) >= 11 is 0. The zero-order chi connectivity index (χ0) is 12.6. The number of aliphatic hydroxyl groups excluding tert-OH is 1. The first-order valence-corrected chi connectivity index (χ1v) is 6.07. The molecule has 0 bridgehead atoms. The van der Waals surface area contributed by atoms with Crippen LogP contribution in [0.2, 0.25) is 0 Å². The van der Waals surface area contributed by atoms with E-state index < -0.39 is 21.3 Å². The number of rotatable bonds is 3. The lowest BCUT2D eigenvalue weighted by Gasteiger charge is -2.02. The first kappa shape index (κ1) is 11.8. The molecule has 0 amide bonds. The van der Waals surface area contributed by atoms with E-state index in [2.05, 4.69) is 0 Å². The predicted octanol–water partition coefficient (Wildman–Crippen LogP) is 0.822. The second-order valence-corrected chi connectivity index (χ2v) is 4.86. The number of carbonyl (C=O) groups is 1. The smallest absolute Gasteiger partial charge is 0.300 e. The largest absolute Gasteiger partial charge is 0.453 e. The number of benzene rings is 1. The van der Waals surface area contributed by atoms with E-state index in [1.165, 1.54) is 6.07 Å². The lowest BCUT2D eigenvalue weighted by Crippen LogP contribution is -2.29. The van der Waals surface area contributed by atoms with Gasteiger partial charge in [0, 0.05) is 5.39 Å². The van der Waals surface area contributed by atoms with Gasteiger partial charge in [0.2, 0.25) is 11.2 Å². The number of para-hydroxylation sites is 1. The van der Waals surface area contributed by atoms with Crippen LogP contribution >= 0.6 is 0 Å². The van der Waals surface area contributed by atoms with E-state index >= 15 is 0 Å². The maximum atomic E-state index is 11.5. The SMILES string of the molecule is O=C(c1cc2ccccc2o1)C(O)S(=O)(=O)O. The normalized spacial score (nSPS) is 13.8. The fourth-order valence-corrected chi connectivity index (χ4v) is 1.75. The van der Waals surface area contributed by atoms with Gasteiger partial charge in [0.1, 0.15) is 5.58 Å². The summed E-state index contributed by atoms with van der Waals surface area (Å²) in [6.07, 6.45) is 0. The molecule has 0 spiro atoms. The molecule has 7 heteroatoms. The maximum absolute atomic E-state index is 11.5. The van der Waals surface area contributed by atoms with Gasteiger partial charge in [-0.25, -0.2) is 0 Å². The van der Waals surface area contributed by atoms with Crippen LogP contribution in [-0.2, 0) is 10.1 Å². The third-order valence-corrected chi connectivity index (χ3v) is 2.95. The number of aliphatic hydroxyl groups is 1. The highest BCUT2D eigenvalue weighted by atomic mass is 32.2. The van der Waals surface area contributed by atoms with Gasteiger partial charge in [-0.3, -0.25) is 9.35 Å². The van der Waals surface area contributed by atoms with E-state index in [1.807, 2.05) is 0 Å². The molecule has 0 aliphatic carbocycles. The van der Waals surface area contributed by atoms with Crippen LogP contribution in [0.1, 0.15) is 10.6 Å². The van der Waals surface area contributed by atoms with Gasteiger partial charge >= 0.3 is 0 Å². The van der Waals surface area contributed by atoms with Crippen molar-refractivity contribution < 1.29 is 27.3 Å². The van der Waals surface area contributed by atoms with Gasteiger partial charge in [0.25, 0.3) is 10.1 Å². The first-order valence-electron chi connectivity index (χ1n) is 4.57. The molecule has 0 fully saturated rings. The Morgan fingerprint density at radius 1 is 1.29 bits per heavy atom. The lowest BCUT2D eigenvalue weighted by molar-refractivity contribution is 0.0822. The van der Waals surface area contributed by atoms with Gasteiger partial charge in [-0.1, -0.05) is 18.2 Å². The minimum atomic E-state index is -4.84. The van der Waals surface area contributed by atoms with Crippen molar-refractivity contribution in [3.05, 3.63) is 36.1 Å². The van der Waals surface area contributed by atoms with Gasteiger partial charge < -0.3 is 9.52 Å². The molecule has 1 aromatic carbocycles. The average molecular weight is 256 g/mol. The van der Waals surface area contributed by atoms with E-state index in [9.17, 15) is 13.2 Å². The molecule has 0 aliphatic rings. The standard InChI is InChI=1S/C10H8O6S/c11-9(10(12)17(13,14)15)8-5-6-3-1-2-4-7(6)16-8/h1-5,10,12H,(H,13,14,15). The zero-order valence-corrected chi connectivity index (χ0v) is 9.22. The van der Waals surface area contributed by atoms with Crippen LogP contribution in [0.15, 0.2) is 34.7 Å². The quantitative estimate of drug-likeness (QED) is 0.622. The molecule has 0 saturated carbocycles. The van der Waals surface area contributed by atoms with Crippen LogP contribution < -0.4 is 0 Å². The van der Waals surface area contributed by atoms with Crippen molar-refractivity contribution in [2.24, 2.45) is 0 Å². The highest BCUT2D eigenvalue weighted by Crippen LogP contribution is 2.20. The number of carbonyl (C=O) groups excluding carboxylic acids is 1. The maximum Gasteiger partial charge on any atom is 0.300 e. The molecule has 90 valence electrons. The third kappa shape index (κ3) is 2.21. The number of Topliss-reactive ketones (excluding diaryl/α,β-unsaturated/α-hetero) is 1. The Hall–Kier alpha value is -1.70. The summed E-state index contributed by atoms with van der Waals surface area (Å²) < 4.78 is 34.8. The Bertz CT molecular complexity index is 636. The molecule has 1 unspecified atom stereocenters. The van der Waals surface area contributed by atoms with E-state index in [4.69, 9.17) is 14.1 Å². The number of hydrogen-bond acceptors (Lipinski definition) is 5. The Kier molecular flexibility index (Phi) is 2.74. The minimum absolute atomic E-state index is 0.323. The molecule has 17 heavy (non-hydrogen) atoms. The average Bonchev–Trinajstić information content (AvgIpc) is 2.69. The number of fused-ring (bicyclic) bond motifs is 1. The molecule has 1 heterocycles. The third-order valence-electron chi connectivity index (χ3n) is 2.17. The van der Waals surface area contributed by atoms with E-state index in [0.29, 0.717) is 11.0 Å². The van der Waals surface area contributed by atoms with E-state index in [-0.39, 0.29) is 5.76 Å². The van der Waals surface area contributed by atoms with Crippen LogP contribution in [-0.4, -0.2) is 29.3 Å². The molecule has 0 radical (unpaired) electrons. The fourth-order valence-electron chi connectivity index (χ4n) is 1.36. The van der Waals surface area contributed by atoms with Crippen LogP contribution in [0, 0.1) is 0 Å². The molecule has 2 N–H and O–H groups in total. The van der Waals surface area contributed by atoms with Crippen molar-refractivity contribution in [3.63, 3.8) is 0 Å². The van der Waals surface area contributed by atoms with Crippen LogP contribution in [0.25, 0.3) is 11.0 Å². The molecular weight excluding hydrogens is 248 g/mol. The van der Waals surface area contributed by atoms with Crippen LogP contribution in [0.4, 0.5) is 0 Å². The molecule has 0 saturated heterocycles. The predicted molar refractivity (Wildman–Crippen MR) is 58.1 cm³/mol. The number of ketones is 1. The Morgan fingerprint density at radius 3 is 2.53 bits per heavy atom. The Balaban J connectivity index is 2.44. The summed E-state index contributed by atoms with van der Waals surface area (Å²) in [6, 6.07) is 7.94. The van der Waals surface area contributed by atoms with Crippen molar-refractivity contribution in [2.45, 2.75) is 5.44 Å². The van der Waals surface area contributed by atoms with Crippen molar-refractivity contribution in [2.75, 3.05) is 0 Å². The van der Waals surface area contributed by atoms with Gasteiger partial charge in [-0.2, -0.15) is 8.42 Å². The minimum Gasteiger partial charge on any atom is -0.453 e. The summed E-state index contributed by atoms with van der Waals surface area (Å²) in [6.45, 7) is 0. The molecule has 6 nitrogen and oxygen atoms in total. The van der Waals surface area contributed by atoms with E-state index in [0.717, 1.165) is 0 Å². The summed E-state index contributed by atoms with van der Waals surface area (Å²) in [4.78, 5) is 11.5. The Labute approximate surface area is 96.2 Å². The molecule has 0 aliphatic heterocycles. The first-order chi connectivity index (χ1) is 7.89. The van der Waals surface area contributed by atoms with Gasteiger partial charge in [-0.05, 0) is 12.1 Å². The molecule has 1 atom stereocenters. The highest BCUT2D eigenvalue weighted by molar-refractivity contribution is 7.87. The van der Waals surface area contributed by atoms with Gasteiger partial charge in [-0.15, -0.1) is 0 Å². The topological polar surface area (TPSA) is 105 Å². The van der Waals surface area contributed by atoms with Crippen LogP contribution in [0.5, 0.6) is 0 Å². The summed E-state index contributed by atoms with van der Waals surface area (Å²) in [7, 11) is -4.84. The highest BCUT2D eigenvalue weighted by Gasteiger charge is 2.31. The van der Waals surface area contributed by atoms with E-state index in [1.54, 1.807) is 24.3 Å². The monoisotopic (exact) mass is 256 g/mol. The summed E-state index contributed by atoms with van der Waals surface area (Å²) in [5, 5.41) is 9.68. The summed E-state index contributed by atoms with van der Waals surface area (Å²) in [5.74, 6) is -1.53. The second-order valence-electron chi connectivity index (χ2n) is 3.38. The molecular formula is C10H8O6S. The fraction of sp³-hybridized carbons (Fsp3) is 0.100. The van der Waals surface area contributed by atoms with Gasteiger partial charge in [0.05, 0.1) is 0 Å². The molecule has 1 aromatic heterocycles. The molecule has 2 rings (SSSR count). The van der Waals surface area contributed by atoms with Gasteiger partial charge in [0.15, 0.2) is 5.76 Å². The van der Waals surface area contributed by atoms with Crippen molar-refractivity contribution >= 4 is 26.9 Å². The van der Waals surface area contributed by atoms with Crippen molar-refractivity contribution in [1.29, 1.82) is 0 Å². The summed E-state index contributed by atoms with van der Waals surface area (Å²) in [5.41, 5.74) is -2.14. The number of furan rings is 1.